The fourth-order valence-electron chi connectivity index (χ4n) is 5.26. The lowest BCUT2D eigenvalue weighted by atomic mass is 9.94. The van der Waals surface area contributed by atoms with Crippen molar-refractivity contribution in [1.29, 1.82) is 0 Å². The molecule has 0 aliphatic heterocycles. The topological polar surface area (TPSA) is 86.8 Å². The summed E-state index contributed by atoms with van der Waals surface area (Å²) in [6.07, 6.45) is 6.33. The number of amides is 2. The van der Waals surface area contributed by atoms with Crippen LogP contribution in [0.5, 0.6) is 0 Å². The van der Waals surface area contributed by atoms with Crippen molar-refractivity contribution >= 4 is 50.7 Å². The molecule has 10 heteroatoms. The summed E-state index contributed by atoms with van der Waals surface area (Å²) >= 11 is 12.5. The molecule has 1 aliphatic rings. The van der Waals surface area contributed by atoms with Crippen molar-refractivity contribution in [1.82, 2.24) is 10.2 Å². The van der Waals surface area contributed by atoms with Crippen LogP contribution in [0.1, 0.15) is 48.8 Å². The molecule has 0 spiro atoms. The summed E-state index contributed by atoms with van der Waals surface area (Å²) in [7, 11) is -3.83. The Hall–Kier alpha value is -3.07. The third-order valence-corrected chi connectivity index (χ3v) is 9.44. The van der Waals surface area contributed by atoms with E-state index < -0.39 is 28.5 Å². The largest absolute Gasteiger partial charge is 0.352 e. The van der Waals surface area contributed by atoms with Gasteiger partial charge in [-0.2, -0.15) is 0 Å². The van der Waals surface area contributed by atoms with Crippen LogP contribution in [0.3, 0.4) is 0 Å². The molecule has 42 heavy (non-hydrogen) atoms. The first-order chi connectivity index (χ1) is 20.0. The normalized spacial score (nSPS) is 14.7. The fourth-order valence-corrected chi connectivity index (χ4v) is 6.43. The summed E-state index contributed by atoms with van der Waals surface area (Å²) in [5.74, 6) is -0.771. The van der Waals surface area contributed by atoms with E-state index in [1.807, 2.05) is 37.3 Å². The SMILES string of the molecule is Cc1ccc(N(CC(=O)N(Cc2ccc(Cl)c(Cl)c2)[C@@H](Cc2ccccc2)C(=O)NC2CCCCC2)S(C)(=O)=O)cc1. The molecule has 224 valence electrons. The van der Waals surface area contributed by atoms with Crippen LogP contribution in [0.2, 0.25) is 10.0 Å². The molecular formula is C32H37Cl2N3O4S. The highest BCUT2D eigenvalue weighted by atomic mass is 35.5. The molecule has 0 saturated heterocycles. The highest BCUT2D eigenvalue weighted by Gasteiger charge is 2.34. The molecule has 1 aliphatic carbocycles. The Morgan fingerprint density at radius 2 is 1.57 bits per heavy atom. The second kappa shape index (κ2) is 14.4. The van der Waals surface area contributed by atoms with Crippen LogP contribution < -0.4 is 9.62 Å². The fraction of sp³-hybridized carbons (Fsp3) is 0.375. The Morgan fingerprint density at radius 3 is 2.19 bits per heavy atom. The van der Waals surface area contributed by atoms with Gasteiger partial charge < -0.3 is 10.2 Å². The summed E-state index contributed by atoms with van der Waals surface area (Å²) in [5, 5.41) is 3.89. The summed E-state index contributed by atoms with van der Waals surface area (Å²) in [4.78, 5) is 29.7. The minimum atomic E-state index is -3.83. The predicted molar refractivity (Wildman–Crippen MR) is 169 cm³/mol. The zero-order valence-corrected chi connectivity index (χ0v) is 26.3. The number of benzene rings is 3. The number of sulfonamides is 1. The number of carbonyl (C=O) groups excluding carboxylic acids is 2. The van der Waals surface area contributed by atoms with Crippen LogP contribution in [0.15, 0.2) is 72.8 Å². The van der Waals surface area contributed by atoms with E-state index in [0.29, 0.717) is 21.3 Å². The molecular weight excluding hydrogens is 593 g/mol. The maximum atomic E-state index is 14.2. The molecule has 1 atom stereocenters. The van der Waals surface area contributed by atoms with Crippen molar-refractivity contribution in [3.63, 3.8) is 0 Å². The van der Waals surface area contributed by atoms with E-state index in [1.54, 1.807) is 42.5 Å². The minimum absolute atomic E-state index is 0.0338. The molecule has 0 heterocycles. The number of hydrogen-bond acceptors (Lipinski definition) is 4. The first-order valence-corrected chi connectivity index (χ1v) is 16.7. The second-order valence-corrected chi connectivity index (χ2v) is 13.6. The molecule has 4 rings (SSSR count). The lowest BCUT2D eigenvalue weighted by molar-refractivity contribution is -0.140. The molecule has 1 saturated carbocycles. The quantitative estimate of drug-likeness (QED) is 0.275. The summed E-state index contributed by atoms with van der Waals surface area (Å²) < 4.78 is 26.9. The smallest absolute Gasteiger partial charge is 0.244 e. The third kappa shape index (κ3) is 8.72. The summed E-state index contributed by atoms with van der Waals surface area (Å²) in [6.45, 7) is 1.47. The average molecular weight is 631 g/mol. The van der Waals surface area contributed by atoms with E-state index in [2.05, 4.69) is 5.32 Å². The monoisotopic (exact) mass is 629 g/mol. The molecule has 7 nitrogen and oxygen atoms in total. The lowest BCUT2D eigenvalue weighted by Gasteiger charge is -2.35. The number of rotatable bonds is 11. The molecule has 1 N–H and O–H groups in total. The Labute approximate surface area is 258 Å². The van der Waals surface area contributed by atoms with E-state index in [9.17, 15) is 18.0 Å². The van der Waals surface area contributed by atoms with Gasteiger partial charge in [0.1, 0.15) is 12.6 Å². The van der Waals surface area contributed by atoms with E-state index >= 15 is 0 Å². The molecule has 0 bridgehead atoms. The second-order valence-electron chi connectivity index (χ2n) is 10.9. The van der Waals surface area contributed by atoms with Gasteiger partial charge in [-0.15, -0.1) is 0 Å². The van der Waals surface area contributed by atoms with Gasteiger partial charge in [-0.1, -0.05) is 96.6 Å². The van der Waals surface area contributed by atoms with Crippen LogP contribution in [-0.4, -0.2) is 50.0 Å². The molecule has 3 aromatic carbocycles. The highest BCUT2D eigenvalue weighted by Crippen LogP contribution is 2.26. The van der Waals surface area contributed by atoms with Gasteiger partial charge in [0.05, 0.1) is 22.0 Å². The van der Waals surface area contributed by atoms with Gasteiger partial charge in [-0.3, -0.25) is 13.9 Å². The molecule has 2 amide bonds. The zero-order chi connectivity index (χ0) is 30.3. The maximum Gasteiger partial charge on any atom is 0.244 e. The Bertz CT molecular complexity index is 1480. The van der Waals surface area contributed by atoms with Gasteiger partial charge in [0.25, 0.3) is 0 Å². The molecule has 3 aromatic rings. The lowest BCUT2D eigenvalue weighted by Crippen LogP contribution is -2.55. The Balaban J connectivity index is 1.73. The van der Waals surface area contributed by atoms with E-state index in [1.165, 1.54) is 4.90 Å². The predicted octanol–water partition coefficient (Wildman–Crippen LogP) is 6.16. The molecule has 1 fully saturated rings. The van der Waals surface area contributed by atoms with Gasteiger partial charge in [-0.05, 0) is 55.2 Å². The minimum Gasteiger partial charge on any atom is -0.352 e. The van der Waals surface area contributed by atoms with E-state index in [4.69, 9.17) is 23.2 Å². The Morgan fingerprint density at radius 1 is 0.905 bits per heavy atom. The Kier molecular flexibility index (Phi) is 10.9. The van der Waals surface area contributed by atoms with Crippen LogP contribution in [0.4, 0.5) is 5.69 Å². The zero-order valence-electron chi connectivity index (χ0n) is 23.9. The van der Waals surface area contributed by atoms with Crippen molar-refractivity contribution in [2.24, 2.45) is 0 Å². The molecule has 0 radical (unpaired) electrons. The number of hydrogen-bond donors (Lipinski definition) is 1. The van der Waals surface area contributed by atoms with Crippen molar-refractivity contribution in [2.45, 2.75) is 64.1 Å². The van der Waals surface area contributed by atoms with Gasteiger partial charge in [-0.25, -0.2) is 8.42 Å². The number of nitrogens with one attached hydrogen (secondary N) is 1. The van der Waals surface area contributed by atoms with Gasteiger partial charge in [0.2, 0.25) is 21.8 Å². The first-order valence-electron chi connectivity index (χ1n) is 14.1. The standard InChI is InChI=1S/C32H37Cl2N3O4S/c1-23-13-16-27(17-14-23)37(42(2,40)41)22-31(38)36(21-25-15-18-28(33)29(34)19-25)30(20-24-9-5-3-6-10-24)32(39)35-26-11-7-4-8-12-26/h3,5-6,9-10,13-19,26,30H,4,7-8,11-12,20-22H2,1-2H3,(H,35,39)/t30-/m0/s1. The average Bonchev–Trinajstić information content (AvgIpc) is 2.96. The molecule has 0 aromatic heterocycles. The maximum absolute atomic E-state index is 14.2. The first kappa shape index (κ1) is 31.9. The third-order valence-electron chi connectivity index (χ3n) is 7.56. The van der Waals surface area contributed by atoms with Gasteiger partial charge in [0, 0.05) is 19.0 Å². The van der Waals surface area contributed by atoms with Crippen LogP contribution in [0, 0.1) is 6.92 Å². The number of halogens is 2. The van der Waals surface area contributed by atoms with E-state index in [-0.39, 0.29) is 24.9 Å². The van der Waals surface area contributed by atoms with Crippen molar-refractivity contribution in [3.8, 4) is 0 Å². The van der Waals surface area contributed by atoms with Crippen molar-refractivity contribution in [2.75, 3.05) is 17.1 Å². The van der Waals surface area contributed by atoms with Crippen LogP contribution in [-0.2, 0) is 32.6 Å². The highest BCUT2D eigenvalue weighted by molar-refractivity contribution is 7.92. The number of nitrogens with zero attached hydrogens (tertiary/aromatic N) is 2. The van der Waals surface area contributed by atoms with Gasteiger partial charge >= 0.3 is 0 Å². The number of anilines is 1. The summed E-state index contributed by atoms with van der Waals surface area (Å²) in [6, 6.07) is 20.6. The number of aryl methyl sites for hydroxylation is 1. The van der Waals surface area contributed by atoms with Crippen molar-refractivity contribution in [3.05, 3.63) is 99.5 Å². The molecule has 0 unspecified atom stereocenters. The van der Waals surface area contributed by atoms with Crippen LogP contribution in [0.25, 0.3) is 0 Å². The van der Waals surface area contributed by atoms with Crippen LogP contribution >= 0.6 is 23.2 Å². The van der Waals surface area contributed by atoms with Gasteiger partial charge in [0.15, 0.2) is 0 Å². The summed E-state index contributed by atoms with van der Waals surface area (Å²) in [5.41, 5.74) is 2.88. The van der Waals surface area contributed by atoms with E-state index in [0.717, 1.165) is 53.8 Å². The van der Waals surface area contributed by atoms with Crippen molar-refractivity contribution < 1.29 is 18.0 Å². The number of carbonyl (C=O) groups is 2.